The molecule has 0 radical (unpaired) electrons. The Kier molecular flexibility index (Phi) is 4.93. The number of carbonyl (C=O) groups excluding carboxylic acids is 1. The Morgan fingerprint density at radius 3 is 2.72 bits per heavy atom. The smallest absolute Gasteiger partial charge is 0.289 e. The van der Waals surface area contributed by atoms with E-state index in [0.717, 1.165) is 44.0 Å². The lowest BCUT2D eigenvalue weighted by molar-refractivity contribution is 0.0932. The van der Waals surface area contributed by atoms with Crippen molar-refractivity contribution in [2.45, 2.75) is 33.0 Å². The molecule has 2 aliphatic rings. The summed E-state index contributed by atoms with van der Waals surface area (Å²) in [6, 6.07) is 14.4. The van der Waals surface area contributed by atoms with Crippen LogP contribution in [-0.4, -0.2) is 38.7 Å². The van der Waals surface area contributed by atoms with Gasteiger partial charge in [-0.15, -0.1) is 21.5 Å². The van der Waals surface area contributed by atoms with Crippen LogP contribution in [0.3, 0.4) is 0 Å². The molecule has 0 saturated carbocycles. The zero-order valence-corrected chi connectivity index (χ0v) is 17.4. The number of aryl methyl sites for hydroxylation is 1. The van der Waals surface area contributed by atoms with Gasteiger partial charge in [-0.1, -0.05) is 30.3 Å². The van der Waals surface area contributed by atoms with E-state index in [9.17, 15) is 4.79 Å². The highest BCUT2D eigenvalue weighted by Crippen LogP contribution is 2.33. The molecule has 1 saturated heterocycles. The molecule has 150 valence electrons. The van der Waals surface area contributed by atoms with E-state index >= 15 is 0 Å². The minimum absolute atomic E-state index is 0.144. The summed E-state index contributed by atoms with van der Waals surface area (Å²) in [5.74, 6) is 2.41. The molecular formula is C22H25N5OS. The van der Waals surface area contributed by atoms with E-state index in [0.29, 0.717) is 24.2 Å². The third-order valence-electron chi connectivity index (χ3n) is 6.02. The van der Waals surface area contributed by atoms with Gasteiger partial charge in [0.2, 0.25) is 5.82 Å². The molecule has 2 aliphatic heterocycles. The molecule has 0 bridgehead atoms. The lowest BCUT2D eigenvalue weighted by Gasteiger charge is -2.25. The van der Waals surface area contributed by atoms with Gasteiger partial charge in [-0.05, 0) is 36.5 Å². The first-order chi connectivity index (χ1) is 14.2. The molecule has 1 amide bonds. The lowest BCUT2D eigenvalue weighted by atomic mass is 9.89. The van der Waals surface area contributed by atoms with E-state index in [4.69, 9.17) is 0 Å². The molecule has 4 heterocycles. The van der Waals surface area contributed by atoms with Gasteiger partial charge in [0, 0.05) is 48.9 Å². The number of nitrogens with zero attached hydrogens (tertiary/aromatic N) is 4. The Bertz CT molecular complexity index is 1010. The number of aromatic nitrogens is 3. The van der Waals surface area contributed by atoms with E-state index in [-0.39, 0.29) is 5.91 Å². The van der Waals surface area contributed by atoms with Crippen LogP contribution in [0.5, 0.6) is 0 Å². The summed E-state index contributed by atoms with van der Waals surface area (Å²) >= 11 is 1.88. The van der Waals surface area contributed by atoms with Crippen LogP contribution in [0, 0.1) is 18.8 Å². The van der Waals surface area contributed by atoms with Crippen molar-refractivity contribution in [2.24, 2.45) is 11.8 Å². The van der Waals surface area contributed by atoms with Gasteiger partial charge in [-0.3, -0.25) is 9.69 Å². The van der Waals surface area contributed by atoms with Crippen molar-refractivity contribution < 1.29 is 4.79 Å². The zero-order chi connectivity index (χ0) is 19.8. The van der Waals surface area contributed by atoms with Crippen LogP contribution in [0.15, 0.2) is 42.5 Å². The predicted molar refractivity (Wildman–Crippen MR) is 113 cm³/mol. The minimum atomic E-state index is -0.144. The molecule has 29 heavy (non-hydrogen) atoms. The first kappa shape index (κ1) is 18.5. The van der Waals surface area contributed by atoms with Crippen LogP contribution in [-0.2, 0) is 26.1 Å². The second-order valence-electron chi connectivity index (χ2n) is 8.15. The predicted octanol–water partition coefficient (Wildman–Crippen LogP) is 2.88. The maximum Gasteiger partial charge on any atom is 0.289 e. The lowest BCUT2D eigenvalue weighted by Crippen LogP contribution is -2.32. The molecular weight excluding hydrogens is 382 g/mol. The molecule has 3 aromatic rings. The molecule has 0 spiro atoms. The Morgan fingerprint density at radius 2 is 1.93 bits per heavy atom. The van der Waals surface area contributed by atoms with Gasteiger partial charge < -0.3 is 9.88 Å². The molecule has 1 aromatic carbocycles. The van der Waals surface area contributed by atoms with Gasteiger partial charge >= 0.3 is 0 Å². The summed E-state index contributed by atoms with van der Waals surface area (Å²) in [4.78, 5) is 18.1. The number of fused-ring (bicyclic) bond motifs is 2. The van der Waals surface area contributed by atoms with Crippen LogP contribution >= 0.6 is 11.3 Å². The average molecular weight is 408 g/mol. The van der Waals surface area contributed by atoms with E-state index in [1.807, 2.05) is 46.2 Å². The molecule has 0 unspecified atom stereocenters. The second-order valence-corrected chi connectivity index (χ2v) is 9.52. The highest BCUT2D eigenvalue weighted by atomic mass is 32.1. The standard InChI is InChI=1S/C22H25N5OS/c1-15-7-8-19(29-15)14-26-11-17-9-20-24-25-21(27(20)13-18(17)12-26)22(28)23-10-16-5-3-2-4-6-16/h2-8,17-18H,9-14H2,1H3,(H,23,28)/t17-,18-/m0/s1. The number of thiophene rings is 1. The van der Waals surface area contributed by atoms with Crippen LogP contribution in [0.4, 0.5) is 0 Å². The Labute approximate surface area is 174 Å². The van der Waals surface area contributed by atoms with Crippen LogP contribution in [0.25, 0.3) is 0 Å². The summed E-state index contributed by atoms with van der Waals surface area (Å²) in [5, 5.41) is 11.5. The molecule has 5 rings (SSSR count). The molecule has 7 heteroatoms. The monoisotopic (exact) mass is 407 g/mol. The first-order valence-corrected chi connectivity index (χ1v) is 11.0. The number of carbonyl (C=O) groups is 1. The Hall–Kier alpha value is -2.51. The normalized spacial score (nSPS) is 21.0. The largest absolute Gasteiger partial charge is 0.345 e. The van der Waals surface area contributed by atoms with E-state index in [1.54, 1.807) is 0 Å². The number of rotatable bonds is 5. The van der Waals surface area contributed by atoms with Gasteiger partial charge in [0.15, 0.2) is 0 Å². The highest BCUT2D eigenvalue weighted by Gasteiger charge is 2.39. The number of likely N-dealkylation sites (tertiary alicyclic amines) is 1. The van der Waals surface area contributed by atoms with Gasteiger partial charge in [-0.2, -0.15) is 0 Å². The molecule has 2 atom stereocenters. The van der Waals surface area contributed by atoms with E-state index < -0.39 is 0 Å². The molecule has 6 nitrogen and oxygen atoms in total. The fourth-order valence-corrected chi connectivity index (χ4v) is 5.50. The summed E-state index contributed by atoms with van der Waals surface area (Å²) in [6.07, 6.45) is 0.906. The number of nitrogens with one attached hydrogen (secondary N) is 1. The first-order valence-electron chi connectivity index (χ1n) is 10.2. The third-order valence-corrected chi connectivity index (χ3v) is 7.00. The van der Waals surface area contributed by atoms with Crippen LogP contribution < -0.4 is 5.32 Å². The minimum Gasteiger partial charge on any atom is -0.345 e. The quantitative estimate of drug-likeness (QED) is 0.706. The number of amides is 1. The van der Waals surface area contributed by atoms with Crippen LogP contribution in [0.2, 0.25) is 0 Å². The zero-order valence-electron chi connectivity index (χ0n) is 16.5. The second kappa shape index (κ2) is 7.72. The SMILES string of the molecule is Cc1ccc(CN2C[C@@H]3Cc4nnc(C(=O)NCc5ccccc5)n4C[C@@H]3C2)s1. The maximum absolute atomic E-state index is 12.7. The van der Waals surface area contributed by atoms with E-state index in [1.165, 1.54) is 9.75 Å². The van der Waals surface area contributed by atoms with Gasteiger partial charge in [-0.25, -0.2) is 0 Å². The van der Waals surface area contributed by atoms with Crippen molar-refractivity contribution in [3.63, 3.8) is 0 Å². The molecule has 0 aliphatic carbocycles. The molecule has 1 N–H and O–H groups in total. The maximum atomic E-state index is 12.7. The summed E-state index contributed by atoms with van der Waals surface area (Å²) in [7, 11) is 0. The number of benzene rings is 1. The molecule has 1 fully saturated rings. The average Bonchev–Trinajstić information content (AvgIpc) is 3.43. The van der Waals surface area contributed by atoms with Gasteiger partial charge in [0.25, 0.3) is 5.91 Å². The number of hydrogen-bond acceptors (Lipinski definition) is 5. The van der Waals surface area contributed by atoms with Crippen molar-refractivity contribution in [2.75, 3.05) is 13.1 Å². The summed E-state index contributed by atoms with van der Waals surface area (Å²) in [5.41, 5.74) is 1.08. The van der Waals surface area contributed by atoms with Crippen LogP contribution in [0.1, 0.15) is 31.8 Å². The highest BCUT2D eigenvalue weighted by molar-refractivity contribution is 7.11. The topological polar surface area (TPSA) is 63.1 Å². The van der Waals surface area contributed by atoms with Crippen molar-refractivity contribution in [1.82, 2.24) is 25.0 Å². The van der Waals surface area contributed by atoms with Crippen molar-refractivity contribution in [3.05, 3.63) is 69.4 Å². The van der Waals surface area contributed by atoms with Crippen molar-refractivity contribution >= 4 is 17.2 Å². The number of hydrogen-bond donors (Lipinski definition) is 1. The fraction of sp³-hybridized carbons (Fsp3) is 0.409. The van der Waals surface area contributed by atoms with Gasteiger partial charge in [0.05, 0.1) is 0 Å². The van der Waals surface area contributed by atoms with Crippen molar-refractivity contribution in [1.29, 1.82) is 0 Å². The summed E-state index contributed by atoms with van der Waals surface area (Å²) < 4.78 is 2.04. The Balaban J connectivity index is 1.24. The molecule has 2 aromatic heterocycles. The third kappa shape index (κ3) is 3.84. The Morgan fingerprint density at radius 1 is 1.10 bits per heavy atom. The van der Waals surface area contributed by atoms with Crippen molar-refractivity contribution in [3.8, 4) is 0 Å². The van der Waals surface area contributed by atoms with E-state index in [2.05, 4.69) is 39.5 Å². The van der Waals surface area contributed by atoms with Gasteiger partial charge in [0.1, 0.15) is 5.82 Å². The fourth-order valence-electron chi connectivity index (χ4n) is 4.57. The summed E-state index contributed by atoms with van der Waals surface area (Å²) in [6.45, 7) is 6.70.